The number of anilines is 1. The molecule has 0 aliphatic rings. The number of carbonyl (C=O) groups excluding carboxylic acids is 1. The molecular formula is C21H16ClN3O4S2. The highest BCUT2D eigenvalue weighted by Crippen LogP contribution is 2.25. The Kier molecular flexibility index (Phi) is 5.57. The minimum absolute atomic E-state index is 0.0612. The van der Waals surface area contributed by atoms with Crippen molar-refractivity contribution < 1.29 is 13.2 Å². The van der Waals surface area contributed by atoms with Crippen LogP contribution in [0.2, 0.25) is 4.34 Å². The number of amides is 2. The number of nitrogens with one attached hydrogen (secondary N) is 2. The summed E-state index contributed by atoms with van der Waals surface area (Å²) in [6.45, 7) is 1.97. The topological polar surface area (TPSA) is 97.3 Å². The average Bonchev–Trinajstić information content (AvgIpc) is 3.16. The molecule has 0 saturated heterocycles. The lowest BCUT2D eigenvalue weighted by molar-refractivity contribution is 0.256. The largest absolute Gasteiger partial charge is 0.333 e. The number of thiophene rings is 1. The van der Waals surface area contributed by atoms with Crippen LogP contribution < -0.4 is 15.6 Å². The van der Waals surface area contributed by atoms with Gasteiger partial charge in [-0.25, -0.2) is 17.9 Å². The minimum atomic E-state index is -4.01. The molecule has 0 atom stereocenters. The number of aromatic nitrogens is 1. The van der Waals surface area contributed by atoms with Crippen LogP contribution in [-0.2, 0) is 10.0 Å². The van der Waals surface area contributed by atoms with E-state index in [1.807, 2.05) is 29.8 Å². The van der Waals surface area contributed by atoms with Gasteiger partial charge in [-0.05, 0) is 60.8 Å². The first-order chi connectivity index (χ1) is 14.7. The second-order valence-electron chi connectivity index (χ2n) is 6.75. The number of benzene rings is 2. The van der Waals surface area contributed by atoms with Gasteiger partial charge in [0.2, 0.25) is 0 Å². The van der Waals surface area contributed by atoms with Gasteiger partial charge in [-0.15, -0.1) is 11.3 Å². The highest BCUT2D eigenvalue weighted by atomic mass is 35.5. The van der Waals surface area contributed by atoms with Crippen molar-refractivity contribution in [1.29, 1.82) is 0 Å². The van der Waals surface area contributed by atoms with E-state index in [-0.39, 0.29) is 9.77 Å². The summed E-state index contributed by atoms with van der Waals surface area (Å²) in [6, 6.07) is 15.8. The number of rotatable bonds is 4. The van der Waals surface area contributed by atoms with E-state index < -0.39 is 16.1 Å². The Balaban J connectivity index is 1.52. The summed E-state index contributed by atoms with van der Waals surface area (Å²) in [7, 11) is -4.01. The van der Waals surface area contributed by atoms with E-state index in [0.717, 1.165) is 22.3 Å². The summed E-state index contributed by atoms with van der Waals surface area (Å²) < 4.78 is 28.1. The Morgan fingerprint density at radius 1 is 1.03 bits per heavy atom. The summed E-state index contributed by atoms with van der Waals surface area (Å²) in [4.78, 5) is 24.9. The Labute approximate surface area is 187 Å². The van der Waals surface area contributed by atoms with Crippen molar-refractivity contribution in [3.05, 3.63) is 87.1 Å². The highest BCUT2D eigenvalue weighted by Gasteiger charge is 2.19. The molecule has 0 aliphatic heterocycles. The van der Waals surface area contributed by atoms with E-state index in [2.05, 4.69) is 5.32 Å². The zero-order chi connectivity index (χ0) is 22.2. The smallest absolute Gasteiger partial charge is 0.307 e. The van der Waals surface area contributed by atoms with E-state index in [1.54, 1.807) is 36.5 Å². The molecule has 0 radical (unpaired) electrons. The summed E-state index contributed by atoms with van der Waals surface area (Å²) in [6.07, 6.45) is 1.69. The van der Waals surface area contributed by atoms with Crippen LogP contribution in [0.25, 0.3) is 16.5 Å². The molecule has 0 unspecified atom stereocenters. The molecule has 2 amide bonds. The molecule has 0 bridgehead atoms. The van der Waals surface area contributed by atoms with E-state index >= 15 is 0 Å². The fourth-order valence-corrected chi connectivity index (χ4v) is 5.44. The second-order valence-corrected chi connectivity index (χ2v) is 10.4. The lowest BCUT2D eigenvalue weighted by Crippen LogP contribution is -2.33. The molecule has 0 aliphatic carbocycles. The maximum absolute atomic E-state index is 12.8. The van der Waals surface area contributed by atoms with Crippen molar-refractivity contribution in [2.45, 2.75) is 11.1 Å². The lowest BCUT2D eigenvalue weighted by Gasteiger charge is -2.10. The quantitative estimate of drug-likeness (QED) is 0.455. The van der Waals surface area contributed by atoms with Crippen molar-refractivity contribution in [3.63, 3.8) is 0 Å². The number of sulfonamides is 1. The predicted molar refractivity (Wildman–Crippen MR) is 123 cm³/mol. The monoisotopic (exact) mass is 473 g/mol. The number of hydrogen-bond acceptors (Lipinski definition) is 5. The number of carbonyl (C=O) groups is 1. The van der Waals surface area contributed by atoms with Crippen LogP contribution in [0.4, 0.5) is 10.5 Å². The number of nitrogens with zero attached hydrogens (tertiary/aromatic N) is 1. The molecule has 10 heteroatoms. The normalized spacial score (nSPS) is 11.4. The molecule has 158 valence electrons. The van der Waals surface area contributed by atoms with Gasteiger partial charge in [0.25, 0.3) is 15.6 Å². The molecule has 2 aromatic heterocycles. The van der Waals surface area contributed by atoms with Gasteiger partial charge in [0.1, 0.15) is 4.21 Å². The molecule has 2 N–H and O–H groups in total. The lowest BCUT2D eigenvalue weighted by atomic mass is 10.1. The average molecular weight is 474 g/mol. The van der Waals surface area contributed by atoms with Gasteiger partial charge in [-0.3, -0.25) is 9.36 Å². The van der Waals surface area contributed by atoms with Crippen LogP contribution in [0.15, 0.2) is 75.9 Å². The van der Waals surface area contributed by atoms with Gasteiger partial charge >= 0.3 is 6.03 Å². The van der Waals surface area contributed by atoms with Crippen LogP contribution in [0.3, 0.4) is 0 Å². The van der Waals surface area contributed by atoms with Crippen molar-refractivity contribution in [2.75, 3.05) is 5.32 Å². The number of aryl methyl sites for hydroxylation is 1. The fourth-order valence-electron chi connectivity index (χ4n) is 3.05. The highest BCUT2D eigenvalue weighted by molar-refractivity contribution is 7.92. The van der Waals surface area contributed by atoms with Gasteiger partial charge in [0, 0.05) is 23.0 Å². The molecule has 2 aromatic carbocycles. The van der Waals surface area contributed by atoms with Crippen LogP contribution in [0, 0.1) is 6.92 Å². The third-order valence-corrected chi connectivity index (χ3v) is 7.56. The van der Waals surface area contributed by atoms with Crippen molar-refractivity contribution in [1.82, 2.24) is 9.29 Å². The van der Waals surface area contributed by atoms with E-state index in [0.29, 0.717) is 21.1 Å². The van der Waals surface area contributed by atoms with Gasteiger partial charge < -0.3 is 5.32 Å². The third-order valence-electron chi connectivity index (χ3n) is 4.50. The summed E-state index contributed by atoms with van der Waals surface area (Å²) in [5, 5.41) is 3.93. The minimum Gasteiger partial charge on any atom is -0.307 e. The molecule has 7 nitrogen and oxygen atoms in total. The molecule has 4 rings (SSSR count). The Hall–Kier alpha value is -3.14. The van der Waals surface area contributed by atoms with Crippen LogP contribution in [0.5, 0.6) is 0 Å². The fraction of sp³-hybridized carbons (Fsp3) is 0.0476. The number of fused-ring (bicyclic) bond motifs is 1. The standard InChI is InChI=1S/C21H16ClN3O4S2/c1-13-2-7-17-14(12-13)10-11-25(20(17)26)16-5-3-15(4-6-16)23-21(27)24-31(28,29)19-9-8-18(22)30-19/h2-12H,1H3,(H2,23,24,27). The summed E-state index contributed by atoms with van der Waals surface area (Å²) >= 11 is 6.60. The second kappa shape index (κ2) is 8.18. The maximum atomic E-state index is 12.8. The number of urea groups is 1. The number of hydrogen-bond donors (Lipinski definition) is 2. The first-order valence-corrected chi connectivity index (χ1v) is 11.7. The van der Waals surface area contributed by atoms with Crippen LogP contribution in [0.1, 0.15) is 5.56 Å². The zero-order valence-corrected chi connectivity index (χ0v) is 18.5. The van der Waals surface area contributed by atoms with Crippen LogP contribution in [-0.4, -0.2) is 19.0 Å². The maximum Gasteiger partial charge on any atom is 0.333 e. The Morgan fingerprint density at radius 3 is 2.45 bits per heavy atom. The summed E-state index contributed by atoms with van der Waals surface area (Å²) in [5.41, 5.74) is 1.89. The first kappa shape index (κ1) is 21.1. The molecule has 31 heavy (non-hydrogen) atoms. The first-order valence-electron chi connectivity index (χ1n) is 9.04. The predicted octanol–water partition coefficient (Wildman–Crippen LogP) is 4.52. The van der Waals surface area contributed by atoms with E-state index in [1.165, 1.54) is 16.7 Å². The number of halogens is 1. The van der Waals surface area contributed by atoms with Gasteiger partial charge in [-0.1, -0.05) is 29.3 Å². The third kappa shape index (κ3) is 4.48. The van der Waals surface area contributed by atoms with Gasteiger partial charge in [0.15, 0.2) is 0 Å². The number of pyridine rings is 1. The molecule has 0 saturated carbocycles. The van der Waals surface area contributed by atoms with Crippen molar-refractivity contribution in [3.8, 4) is 5.69 Å². The molecule has 0 spiro atoms. The molecule has 0 fully saturated rings. The van der Waals surface area contributed by atoms with Gasteiger partial charge in [0.05, 0.1) is 4.34 Å². The van der Waals surface area contributed by atoms with Crippen LogP contribution >= 0.6 is 22.9 Å². The van der Waals surface area contributed by atoms with Crippen molar-refractivity contribution in [2.24, 2.45) is 0 Å². The Bertz CT molecular complexity index is 1460. The van der Waals surface area contributed by atoms with Crippen molar-refractivity contribution >= 4 is 55.5 Å². The molecule has 4 aromatic rings. The summed E-state index contributed by atoms with van der Waals surface area (Å²) in [5.74, 6) is 0. The Morgan fingerprint density at radius 2 is 1.77 bits per heavy atom. The van der Waals surface area contributed by atoms with E-state index in [4.69, 9.17) is 11.6 Å². The molecular weight excluding hydrogens is 458 g/mol. The van der Waals surface area contributed by atoms with E-state index in [9.17, 15) is 18.0 Å². The molecule has 2 heterocycles. The van der Waals surface area contributed by atoms with Gasteiger partial charge in [-0.2, -0.15) is 0 Å². The SMILES string of the molecule is Cc1ccc2c(=O)n(-c3ccc(NC(=O)NS(=O)(=O)c4ccc(Cl)s4)cc3)ccc2c1. The zero-order valence-electron chi connectivity index (χ0n) is 16.1.